The first-order chi connectivity index (χ1) is 16.5. The van der Waals surface area contributed by atoms with E-state index >= 15 is 0 Å². The van der Waals surface area contributed by atoms with E-state index in [4.69, 9.17) is 0 Å². The molecule has 0 radical (unpaired) electrons. The largest absolute Gasteiger partial charge is 0.372 e. The van der Waals surface area contributed by atoms with Crippen molar-refractivity contribution in [1.82, 2.24) is 4.90 Å². The van der Waals surface area contributed by atoms with E-state index in [2.05, 4.69) is 10.2 Å². The van der Waals surface area contributed by atoms with E-state index in [1.54, 1.807) is 0 Å². The van der Waals surface area contributed by atoms with Crippen LogP contribution in [0.15, 0.2) is 78.5 Å². The van der Waals surface area contributed by atoms with Gasteiger partial charge < -0.3 is 10.2 Å². The van der Waals surface area contributed by atoms with Crippen molar-refractivity contribution in [3.05, 3.63) is 101 Å². The second-order valence-electron chi connectivity index (χ2n) is 8.80. The van der Waals surface area contributed by atoms with Crippen molar-refractivity contribution >= 4 is 28.8 Å². The highest BCUT2D eigenvalue weighted by atomic mass is 19.1. The van der Waals surface area contributed by atoms with Gasteiger partial charge in [0.2, 0.25) is 0 Å². The summed E-state index contributed by atoms with van der Waals surface area (Å²) in [4.78, 5) is 30.4. The maximum absolute atomic E-state index is 13.6. The monoisotopic (exact) mass is 455 g/mol. The van der Waals surface area contributed by atoms with Crippen LogP contribution in [0.2, 0.25) is 0 Å². The molecule has 1 N–H and O–H groups in total. The minimum absolute atomic E-state index is 0.168. The van der Waals surface area contributed by atoms with E-state index in [1.165, 1.54) is 42.0 Å². The molecule has 34 heavy (non-hydrogen) atoms. The van der Waals surface area contributed by atoms with Crippen LogP contribution in [0.4, 0.5) is 15.8 Å². The molecule has 172 valence electrons. The SMILES string of the molecule is Cc1ccc(CN2C(=O)C(Nc3ccc(N4CCCC4)cc3)=C(c3ccc(F)cc3)C2=O)cc1. The third-order valence-corrected chi connectivity index (χ3v) is 6.37. The van der Waals surface area contributed by atoms with E-state index in [9.17, 15) is 14.0 Å². The second kappa shape index (κ2) is 9.14. The van der Waals surface area contributed by atoms with Crippen LogP contribution in [0.1, 0.15) is 29.5 Å². The summed E-state index contributed by atoms with van der Waals surface area (Å²) in [5, 5.41) is 3.18. The second-order valence-corrected chi connectivity index (χ2v) is 8.80. The fourth-order valence-electron chi connectivity index (χ4n) is 4.47. The van der Waals surface area contributed by atoms with Crippen LogP contribution in [0.5, 0.6) is 0 Å². The lowest BCUT2D eigenvalue weighted by molar-refractivity contribution is -0.137. The molecule has 1 saturated heterocycles. The topological polar surface area (TPSA) is 52.7 Å². The Morgan fingerprint density at radius 2 is 1.47 bits per heavy atom. The molecule has 3 aromatic carbocycles. The zero-order valence-corrected chi connectivity index (χ0v) is 19.1. The number of anilines is 2. The van der Waals surface area contributed by atoms with Gasteiger partial charge in [0.25, 0.3) is 11.8 Å². The Morgan fingerprint density at radius 3 is 2.12 bits per heavy atom. The van der Waals surface area contributed by atoms with Crippen molar-refractivity contribution in [1.29, 1.82) is 0 Å². The van der Waals surface area contributed by atoms with Crippen molar-refractivity contribution < 1.29 is 14.0 Å². The van der Waals surface area contributed by atoms with Gasteiger partial charge in [0.05, 0.1) is 12.1 Å². The molecule has 5 nitrogen and oxygen atoms in total. The minimum atomic E-state index is -0.398. The zero-order chi connectivity index (χ0) is 23.7. The van der Waals surface area contributed by atoms with E-state index in [-0.39, 0.29) is 17.8 Å². The van der Waals surface area contributed by atoms with Gasteiger partial charge in [-0.05, 0) is 67.3 Å². The molecular formula is C28H26FN3O2. The van der Waals surface area contributed by atoms with Crippen LogP contribution < -0.4 is 10.2 Å². The number of aryl methyl sites for hydroxylation is 1. The Morgan fingerprint density at radius 1 is 0.824 bits per heavy atom. The number of halogens is 1. The summed E-state index contributed by atoms with van der Waals surface area (Å²) in [6.07, 6.45) is 2.39. The summed E-state index contributed by atoms with van der Waals surface area (Å²) >= 11 is 0. The quantitative estimate of drug-likeness (QED) is 0.524. The van der Waals surface area contributed by atoms with Gasteiger partial charge in [-0.25, -0.2) is 4.39 Å². The average Bonchev–Trinajstić information content (AvgIpc) is 3.46. The Balaban J connectivity index is 1.46. The minimum Gasteiger partial charge on any atom is -0.372 e. The number of carbonyl (C=O) groups is 2. The van der Waals surface area contributed by atoms with Crippen LogP contribution in [-0.2, 0) is 16.1 Å². The lowest BCUT2D eigenvalue weighted by Gasteiger charge is -2.18. The predicted molar refractivity (Wildman–Crippen MR) is 132 cm³/mol. The summed E-state index contributed by atoms with van der Waals surface area (Å²) in [5.74, 6) is -1.19. The number of rotatable bonds is 6. The molecule has 0 spiro atoms. The molecule has 3 aromatic rings. The Kier molecular flexibility index (Phi) is 5.88. The highest BCUT2D eigenvalue weighted by molar-refractivity contribution is 6.36. The molecule has 0 aromatic heterocycles. The number of carbonyl (C=O) groups excluding carboxylic acids is 2. The van der Waals surface area contributed by atoms with Gasteiger partial charge in [0.15, 0.2) is 0 Å². The van der Waals surface area contributed by atoms with Crippen molar-refractivity contribution in [3.8, 4) is 0 Å². The van der Waals surface area contributed by atoms with Gasteiger partial charge in [0.1, 0.15) is 11.5 Å². The lowest BCUT2D eigenvalue weighted by atomic mass is 10.0. The molecule has 0 bridgehead atoms. The predicted octanol–water partition coefficient (Wildman–Crippen LogP) is 5.13. The molecule has 0 unspecified atom stereocenters. The first-order valence-electron chi connectivity index (χ1n) is 11.5. The number of hydrogen-bond acceptors (Lipinski definition) is 4. The third-order valence-electron chi connectivity index (χ3n) is 6.37. The highest BCUT2D eigenvalue weighted by Crippen LogP contribution is 2.32. The summed E-state index contributed by atoms with van der Waals surface area (Å²) < 4.78 is 13.6. The van der Waals surface area contributed by atoms with Gasteiger partial charge >= 0.3 is 0 Å². The third kappa shape index (κ3) is 4.31. The molecule has 1 fully saturated rings. The standard InChI is InChI=1S/C28H26FN3O2/c1-19-4-6-20(7-5-19)18-32-27(33)25(21-8-10-22(29)11-9-21)26(28(32)34)30-23-12-14-24(15-13-23)31-16-2-3-17-31/h4-15,30H,2-3,16-18H2,1H3. The van der Waals surface area contributed by atoms with Crippen LogP contribution >= 0.6 is 0 Å². The molecule has 2 heterocycles. The molecule has 0 atom stereocenters. The normalized spacial score (nSPS) is 16.1. The Bertz CT molecular complexity index is 1240. The van der Waals surface area contributed by atoms with E-state index in [1.807, 2.05) is 55.5 Å². The maximum Gasteiger partial charge on any atom is 0.278 e. The smallest absolute Gasteiger partial charge is 0.278 e. The maximum atomic E-state index is 13.6. The van der Waals surface area contributed by atoms with Crippen molar-refractivity contribution in [2.45, 2.75) is 26.3 Å². The van der Waals surface area contributed by atoms with Gasteiger partial charge in [0, 0.05) is 24.5 Å². The van der Waals surface area contributed by atoms with Gasteiger partial charge in [-0.2, -0.15) is 0 Å². The summed E-state index contributed by atoms with van der Waals surface area (Å²) in [6.45, 7) is 4.25. The number of amides is 2. The van der Waals surface area contributed by atoms with Crippen LogP contribution in [-0.4, -0.2) is 29.8 Å². The van der Waals surface area contributed by atoms with Crippen molar-refractivity contribution in [2.75, 3.05) is 23.3 Å². The first-order valence-corrected chi connectivity index (χ1v) is 11.5. The molecule has 0 aliphatic carbocycles. The van der Waals surface area contributed by atoms with E-state index in [0.29, 0.717) is 5.56 Å². The van der Waals surface area contributed by atoms with E-state index < -0.39 is 17.6 Å². The average molecular weight is 456 g/mol. The summed E-state index contributed by atoms with van der Waals surface area (Å²) in [6, 6.07) is 21.3. The molecule has 5 rings (SSSR count). The van der Waals surface area contributed by atoms with Gasteiger partial charge in [-0.1, -0.05) is 42.0 Å². The fraction of sp³-hybridized carbons (Fsp3) is 0.214. The number of nitrogens with one attached hydrogen (secondary N) is 1. The molecule has 2 aliphatic heterocycles. The summed E-state index contributed by atoms with van der Waals surface area (Å²) in [5.41, 5.74) is 4.79. The molecule has 2 aliphatic rings. The Labute approximate surface area is 198 Å². The van der Waals surface area contributed by atoms with Crippen LogP contribution in [0, 0.1) is 12.7 Å². The van der Waals surface area contributed by atoms with Crippen molar-refractivity contribution in [3.63, 3.8) is 0 Å². The van der Waals surface area contributed by atoms with E-state index in [0.717, 1.165) is 35.6 Å². The van der Waals surface area contributed by atoms with Crippen LogP contribution in [0.3, 0.4) is 0 Å². The Hall–Kier alpha value is -3.93. The first kappa shape index (κ1) is 21.9. The van der Waals surface area contributed by atoms with Crippen LogP contribution in [0.25, 0.3) is 5.57 Å². The highest BCUT2D eigenvalue weighted by Gasteiger charge is 2.39. The van der Waals surface area contributed by atoms with Gasteiger partial charge in [-0.15, -0.1) is 0 Å². The molecular weight excluding hydrogens is 429 g/mol. The molecule has 2 amide bonds. The number of nitrogens with zero attached hydrogens (tertiary/aromatic N) is 2. The molecule has 0 saturated carbocycles. The number of benzene rings is 3. The molecule has 6 heteroatoms. The fourth-order valence-corrected chi connectivity index (χ4v) is 4.47. The van der Waals surface area contributed by atoms with Crippen molar-refractivity contribution in [2.24, 2.45) is 0 Å². The number of imide groups is 1. The van der Waals surface area contributed by atoms with Gasteiger partial charge in [-0.3, -0.25) is 14.5 Å². The zero-order valence-electron chi connectivity index (χ0n) is 19.1. The number of hydrogen-bond donors (Lipinski definition) is 1. The lowest BCUT2D eigenvalue weighted by Crippen LogP contribution is -2.32. The summed E-state index contributed by atoms with van der Waals surface area (Å²) in [7, 11) is 0.